The van der Waals surface area contributed by atoms with Gasteiger partial charge in [0.25, 0.3) is 0 Å². The largest absolute Gasteiger partial charge is 0.388 e. The second kappa shape index (κ2) is 5.97. The van der Waals surface area contributed by atoms with Crippen molar-refractivity contribution in [2.75, 3.05) is 18.9 Å². The predicted molar refractivity (Wildman–Crippen MR) is 84.9 cm³/mol. The van der Waals surface area contributed by atoms with Gasteiger partial charge in [0.05, 0.1) is 4.90 Å². The van der Waals surface area contributed by atoms with Crippen molar-refractivity contribution >= 4 is 15.7 Å². The third-order valence-electron chi connectivity index (χ3n) is 4.94. The molecule has 1 aromatic carbocycles. The zero-order chi connectivity index (χ0) is 14.9. The van der Waals surface area contributed by atoms with Crippen molar-refractivity contribution in [3.05, 3.63) is 24.3 Å². The van der Waals surface area contributed by atoms with Gasteiger partial charge in [-0.25, -0.2) is 8.42 Å². The first-order valence-electron chi connectivity index (χ1n) is 7.92. The summed E-state index contributed by atoms with van der Waals surface area (Å²) in [7, 11) is -1.51. The van der Waals surface area contributed by atoms with Gasteiger partial charge < -0.3 is 5.32 Å². The van der Waals surface area contributed by atoms with Crippen molar-refractivity contribution in [2.24, 2.45) is 5.92 Å². The van der Waals surface area contributed by atoms with E-state index in [4.69, 9.17) is 0 Å². The van der Waals surface area contributed by atoms with Crippen LogP contribution in [0.4, 0.5) is 5.69 Å². The van der Waals surface area contributed by atoms with Gasteiger partial charge in [-0.1, -0.05) is 12.8 Å². The van der Waals surface area contributed by atoms with Crippen molar-refractivity contribution < 1.29 is 8.42 Å². The van der Waals surface area contributed by atoms with E-state index >= 15 is 0 Å². The van der Waals surface area contributed by atoms with Crippen molar-refractivity contribution in [2.45, 2.75) is 49.5 Å². The van der Waals surface area contributed by atoms with Gasteiger partial charge in [0, 0.05) is 25.3 Å². The smallest absolute Gasteiger partial charge is 0.243 e. The number of sulfonamides is 1. The van der Waals surface area contributed by atoms with E-state index in [1.165, 1.54) is 25.7 Å². The standard InChI is InChI=1S/C16H24N2O2S/c1-17-14-8-10-15(11-9-14)21(19,20)18-12-4-7-16(18)13-5-2-3-6-13/h8-11,13,16-17H,2-7,12H2,1H3. The third-order valence-corrected chi connectivity index (χ3v) is 6.88. The zero-order valence-corrected chi connectivity index (χ0v) is 13.4. The minimum Gasteiger partial charge on any atom is -0.388 e. The molecule has 0 radical (unpaired) electrons. The first-order valence-corrected chi connectivity index (χ1v) is 9.36. The summed E-state index contributed by atoms with van der Waals surface area (Å²) in [5.74, 6) is 0.568. The highest BCUT2D eigenvalue weighted by Gasteiger charge is 2.40. The van der Waals surface area contributed by atoms with E-state index in [1.54, 1.807) is 16.4 Å². The normalized spacial score (nSPS) is 24.5. The second-order valence-corrected chi connectivity index (χ2v) is 8.03. The number of benzene rings is 1. The Morgan fingerprint density at radius 1 is 1.05 bits per heavy atom. The van der Waals surface area contributed by atoms with E-state index in [0.29, 0.717) is 17.4 Å². The molecule has 1 saturated carbocycles. The highest BCUT2D eigenvalue weighted by molar-refractivity contribution is 7.89. The van der Waals surface area contributed by atoms with E-state index in [2.05, 4.69) is 5.32 Å². The lowest BCUT2D eigenvalue weighted by molar-refractivity contribution is 0.288. The molecule has 1 atom stereocenters. The molecule has 4 nitrogen and oxygen atoms in total. The Hall–Kier alpha value is -1.07. The second-order valence-electron chi connectivity index (χ2n) is 6.14. The van der Waals surface area contributed by atoms with Gasteiger partial charge in [0.1, 0.15) is 0 Å². The Labute approximate surface area is 127 Å². The van der Waals surface area contributed by atoms with E-state index < -0.39 is 10.0 Å². The maximum Gasteiger partial charge on any atom is 0.243 e. The molecule has 0 aromatic heterocycles. The highest BCUT2D eigenvalue weighted by atomic mass is 32.2. The molecule has 0 bridgehead atoms. The van der Waals surface area contributed by atoms with Crippen LogP contribution >= 0.6 is 0 Å². The van der Waals surface area contributed by atoms with Crippen LogP contribution in [0.5, 0.6) is 0 Å². The summed E-state index contributed by atoms with van der Waals surface area (Å²) in [4.78, 5) is 0.423. The van der Waals surface area contributed by atoms with Gasteiger partial charge in [-0.2, -0.15) is 4.31 Å². The molecule has 5 heteroatoms. The van der Waals surface area contributed by atoms with Crippen molar-refractivity contribution in [3.63, 3.8) is 0 Å². The summed E-state index contributed by atoms with van der Waals surface area (Å²) in [5, 5.41) is 3.02. The minimum absolute atomic E-state index is 0.224. The lowest BCUT2D eigenvalue weighted by Crippen LogP contribution is -2.39. The van der Waals surface area contributed by atoms with Gasteiger partial charge in [-0.15, -0.1) is 0 Å². The molecular weight excluding hydrogens is 284 g/mol. The van der Waals surface area contributed by atoms with Gasteiger partial charge in [-0.05, 0) is 55.9 Å². The van der Waals surface area contributed by atoms with E-state index in [9.17, 15) is 8.42 Å². The predicted octanol–water partition coefficient (Wildman–Crippen LogP) is 3.07. The summed E-state index contributed by atoms with van der Waals surface area (Å²) in [6.07, 6.45) is 6.91. The molecule has 116 valence electrons. The Morgan fingerprint density at radius 3 is 2.33 bits per heavy atom. The van der Waals surface area contributed by atoms with Crippen molar-refractivity contribution in [1.82, 2.24) is 4.31 Å². The maximum atomic E-state index is 12.9. The molecular formula is C16H24N2O2S. The molecule has 1 saturated heterocycles. The first kappa shape index (κ1) is 14.9. The lowest BCUT2D eigenvalue weighted by Gasteiger charge is -2.28. The van der Waals surface area contributed by atoms with Crippen molar-refractivity contribution in [3.8, 4) is 0 Å². The number of hydrogen-bond donors (Lipinski definition) is 1. The number of rotatable bonds is 4. The van der Waals surface area contributed by atoms with Gasteiger partial charge in [-0.3, -0.25) is 0 Å². The maximum absolute atomic E-state index is 12.9. The third kappa shape index (κ3) is 2.81. The van der Waals surface area contributed by atoms with Crippen LogP contribution in [0.15, 0.2) is 29.2 Å². The average molecular weight is 308 g/mol. The van der Waals surface area contributed by atoms with E-state index in [-0.39, 0.29) is 6.04 Å². The Balaban J connectivity index is 1.85. The summed E-state index contributed by atoms with van der Waals surface area (Å²) in [6, 6.07) is 7.30. The zero-order valence-electron chi connectivity index (χ0n) is 12.6. The van der Waals surface area contributed by atoms with Crippen LogP contribution in [0.3, 0.4) is 0 Å². The molecule has 1 aromatic rings. The Bertz CT molecular complexity index is 577. The molecule has 21 heavy (non-hydrogen) atoms. The fourth-order valence-electron chi connectivity index (χ4n) is 3.81. The van der Waals surface area contributed by atoms with Gasteiger partial charge >= 0.3 is 0 Å². The van der Waals surface area contributed by atoms with Crippen LogP contribution in [-0.2, 0) is 10.0 Å². The van der Waals surface area contributed by atoms with Crippen LogP contribution < -0.4 is 5.32 Å². The first-order chi connectivity index (χ1) is 10.1. The molecule has 1 unspecified atom stereocenters. The molecule has 1 N–H and O–H groups in total. The van der Waals surface area contributed by atoms with Crippen LogP contribution in [0.1, 0.15) is 38.5 Å². The molecule has 0 spiro atoms. The molecule has 0 amide bonds. The van der Waals surface area contributed by atoms with E-state index in [0.717, 1.165) is 18.5 Å². The monoisotopic (exact) mass is 308 g/mol. The summed E-state index contributed by atoms with van der Waals surface area (Å²) in [6.45, 7) is 0.678. The van der Waals surface area contributed by atoms with Crippen LogP contribution in [-0.4, -0.2) is 32.4 Å². The lowest BCUT2D eigenvalue weighted by atomic mass is 9.97. The molecule has 1 aliphatic carbocycles. The van der Waals surface area contributed by atoms with Crippen LogP contribution in [0.2, 0.25) is 0 Å². The molecule has 3 rings (SSSR count). The fraction of sp³-hybridized carbons (Fsp3) is 0.625. The quantitative estimate of drug-likeness (QED) is 0.930. The molecule has 1 heterocycles. The number of nitrogens with zero attached hydrogens (tertiary/aromatic N) is 1. The van der Waals surface area contributed by atoms with Crippen LogP contribution in [0, 0.1) is 5.92 Å². The van der Waals surface area contributed by atoms with E-state index in [1.807, 2.05) is 19.2 Å². The molecule has 2 aliphatic rings. The summed E-state index contributed by atoms with van der Waals surface area (Å²) >= 11 is 0. The molecule has 1 aliphatic heterocycles. The number of hydrogen-bond acceptors (Lipinski definition) is 3. The number of nitrogens with one attached hydrogen (secondary N) is 1. The summed E-state index contributed by atoms with van der Waals surface area (Å²) < 4.78 is 27.6. The SMILES string of the molecule is CNc1ccc(S(=O)(=O)N2CCCC2C2CCCC2)cc1. The van der Waals surface area contributed by atoms with Gasteiger partial charge in [0.2, 0.25) is 10.0 Å². The van der Waals surface area contributed by atoms with Crippen molar-refractivity contribution in [1.29, 1.82) is 0 Å². The summed E-state index contributed by atoms with van der Waals surface area (Å²) in [5.41, 5.74) is 0.933. The Kier molecular flexibility index (Phi) is 4.22. The highest BCUT2D eigenvalue weighted by Crippen LogP contribution is 2.38. The molecule has 2 fully saturated rings. The Morgan fingerprint density at radius 2 is 1.71 bits per heavy atom. The van der Waals surface area contributed by atoms with Crippen LogP contribution in [0.25, 0.3) is 0 Å². The van der Waals surface area contributed by atoms with Gasteiger partial charge in [0.15, 0.2) is 0 Å². The average Bonchev–Trinajstić information content (AvgIpc) is 3.17. The fourth-order valence-corrected chi connectivity index (χ4v) is 5.56. The minimum atomic E-state index is -3.34. The number of anilines is 1. The topological polar surface area (TPSA) is 49.4 Å².